The molecule has 2 aromatic rings. The smallest absolute Gasteiger partial charge is 0.465 e. The highest BCUT2D eigenvalue weighted by molar-refractivity contribution is 5.97. The molecular formula is C15H15F3N2O3. The third-order valence-electron chi connectivity index (χ3n) is 3.07. The van der Waals surface area contributed by atoms with E-state index < -0.39 is 18.2 Å². The lowest BCUT2D eigenvalue weighted by Crippen LogP contribution is -2.19. The summed E-state index contributed by atoms with van der Waals surface area (Å²) < 4.78 is 48.1. The van der Waals surface area contributed by atoms with Gasteiger partial charge < -0.3 is 14.0 Å². The molecule has 0 saturated heterocycles. The summed E-state index contributed by atoms with van der Waals surface area (Å²) in [7, 11) is 1.21. The molecule has 2 heterocycles. The van der Waals surface area contributed by atoms with Gasteiger partial charge in [-0.1, -0.05) is 6.92 Å². The first kappa shape index (κ1) is 16.9. The number of carbonyl (C=O) groups excluding carboxylic acids is 1. The van der Waals surface area contributed by atoms with Crippen molar-refractivity contribution in [2.24, 2.45) is 0 Å². The monoisotopic (exact) mass is 328 g/mol. The van der Waals surface area contributed by atoms with E-state index in [4.69, 9.17) is 4.74 Å². The molecule has 2 rings (SSSR count). The van der Waals surface area contributed by atoms with Crippen molar-refractivity contribution in [1.29, 1.82) is 0 Å². The number of aromatic nitrogens is 2. The van der Waals surface area contributed by atoms with E-state index in [1.807, 2.05) is 6.92 Å². The average Bonchev–Trinajstić information content (AvgIpc) is 2.89. The van der Waals surface area contributed by atoms with Crippen LogP contribution in [0.3, 0.4) is 0 Å². The SMILES string of the molecule is CCCn1ccc(C(=O)OC)c1-c1cccnc1OC(F)(F)F. The number of aryl methyl sites for hydroxylation is 1. The number of nitrogens with zero attached hydrogens (tertiary/aromatic N) is 2. The number of esters is 1. The Hall–Kier alpha value is -2.51. The zero-order valence-corrected chi connectivity index (χ0v) is 12.6. The van der Waals surface area contributed by atoms with E-state index in [2.05, 4.69) is 9.72 Å². The van der Waals surface area contributed by atoms with Crippen LogP contribution in [0.4, 0.5) is 13.2 Å². The van der Waals surface area contributed by atoms with Gasteiger partial charge in [-0.05, 0) is 24.6 Å². The van der Waals surface area contributed by atoms with Crippen LogP contribution in [-0.4, -0.2) is 29.0 Å². The van der Waals surface area contributed by atoms with Crippen molar-refractivity contribution < 1.29 is 27.4 Å². The Morgan fingerprint density at radius 2 is 2.09 bits per heavy atom. The molecule has 5 nitrogen and oxygen atoms in total. The topological polar surface area (TPSA) is 53.4 Å². The third-order valence-corrected chi connectivity index (χ3v) is 3.07. The minimum atomic E-state index is -4.88. The van der Waals surface area contributed by atoms with Gasteiger partial charge >= 0.3 is 12.3 Å². The zero-order chi connectivity index (χ0) is 17.0. The molecule has 0 spiro atoms. The van der Waals surface area contributed by atoms with Crippen molar-refractivity contribution in [2.45, 2.75) is 26.3 Å². The maximum Gasteiger partial charge on any atom is 0.574 e. The Morgan fingerprint density at radius 3 is 2.70 bits per heavy atom. The fourth-order valence-electron chi connectivity index (χ4n) is 2.24. The highest BCUT2D eigenvalue weighted by Crippen LogP contribution is 2.34. The van der Waals surface area contributed by atoms with E-state index in [0.29, 0.717) is 6.54 Å². The number of pyridine rings is 1. The van der Waals surface area contributed by atoms with Gasteiger partial charge in [0.05, 0.1) is 23.9 Å². The minimum Gasteiger partial charge on any atom is -0.465 e. The van der Waals surface area contributed by atoms with E-state index in [9.17, 15) is 18.0 Å². The number of hydrogen-bond acceptors (Lipinski definition) is 4. The quantitative estimate of drug-likeness (QED) is 0.786. The van der Waals surface area contributed by atoms with Gasteiger partial charge in [0, 0.05) is 18.9 Å². The largest absolute Gasteiger partial charge is 0.574 e. The standard InChI is InChI=1S/C15H15F3N2O3/c1-3-8-20-9-6-11(14(21)22-2)12(20)10-5-4-7-19-13(10)23-15(16,17)18/h4-7,9H,3,8H2,1-2H3. The Morgan fingerprint density at radius 1 is 1.35 bits per heavy atom. The molecule has 0 aliphatic heterocycles. The van der Waals surface area contributed by atoms with E-state index in [-0.39, 0.29) is 16.8 Å². The van der Waals surface area contributed by atoms with E-state index >= 15 is 0 Å². The lowest BCUT2D eigenvalue weighted by Gasteiger charge is -2.15. The summed E-state index contributed by atoms with van der Waals surface area (Å²) in [5.74, 6) is -1.25. The van der Waals surface area contributed by atoms with Gasteiger partial charge in [-0.2, -0.15) is 0 Å². The summed E-state index contributed by atoms with van der Waals surface area (Å²) in [4.78, 5) is 15.5. The molecule has 0 aromatic carbocycles. The lowest BCUT2D eigenvalue weighted by molar-refractivity contribution is -0.275. The van der Waals surface area contributed by atoms with Gasteiger partial charge in [-0.15, -0.1) is 13.2 Å². The normalized spacial score (nSPS) is 11.3. The second-order valence-corrected chi connectivity index (χ2v) is 4.67. The van der Waals surface area contributed by atoms with Gasteiger partial charge in [0.1, 0.15) is 0 Å². The number of hydrogen-bond donors (Lipinski definition) is 0. The first-order valence-electron chi connectivity index (χ1n) is 6.86. The van der Waals surface area contributed by atoms with Gasteiger partial charge in [-0.25, -0.2) is 9.78 Å². The summed E-state index contributed by atoms with van der Waals surface area (Å²) in [6.45, 7) is 2.44. The summed E-state index contributed by atoms with van der Waals surface area (Å²) in [6, 6.07) is 4.39. The Kier molecular flexibility index (Phi) is 4.92. The van der Waals surface area contributed by atoms with Gasteiger partial charge in [0.25, 0.3) is 0 Å². The molecule has 23 heavy (non-hydrogen) atoms. The predicted octanol–water partition coefficient (Wildman–Crippen LogP) is 3.65. The Bertz CT molecular complexity index is 696. The first-order chi connectivity index (χ1) is 10.9. The van der Waals surface area contributed by atoms with Crippen molar-refractivity contribution in [1.82, 2.24) is 9.55 Å². The molecule has 2 aromatic heterocycles. The summed E-state index contributed by atoms with van der Waals surface area (Å²) in [5.41, 5.74) is 0.510. The summed E-state index contributed by atoms with van der Waals surface area (Å²) in [6.07, 6.45) is -1.33. The van der Waals surface area contributed by atoms with Crippen LogP contribution in [0, 0.1) is 0 Å². The number of halogens is 3. The molecule has 0 aliphatic rings. The number of ether oxygens (including phenoxy) is 2. The van der Waals surface area contributed by atoms with Crippen LogP contribution in [-0.2, 0) is 11.3 Å². The van der Waals surface area contributed by atoms with E-state index in [0.717, 1.165) is 6.42 Å². The van der Waals surface area contributed by atoms with Crippen LogP contribution in [0.2, 0.25) is 0 Å². The summed E-state index contributed by atoms with van der Waals surface area (Å²) in [5, 5.41) is 0. The minimum absolute atomic E-state index is 0.0728. The molecule has 0 bridgehead atoms. The molecule has 0 saturated carbocycles. The number of methoxy groups -OCH3 is 1. The second-order valence-electron chi connectivity index (χ2n) is 4.67. The molecule has 124 valence electrons. The van der Waals surface area contributed by atoms with Gasteiger partial charge in [-0.3, -0.25) is 0 Å². The summed E-state index contributed by atoms with van der Waals surface area (Å²) >= 11 is 0. The molecular weight excluding hydrogens is 313 g/mol. The van der Waals surface area contributed by atoms with E-state index in [1.165, 1.54) is 31.5 Å². The molecule has 0 N–H and O–H groups in total. The third kappa shape index (κ3) is 3.82. The van der Waals surface area contributed by atoms with Crippen LogP contribution in [0.15, 0.2) is 30.6 Å². The first-order valence-corrected chi connectivity index (χ1v) is 6.86. The lowest BCUT2D eigenvalue weighted by atomic mass is 10.1. The molecule has 0 radical (unpaired) electrons. The molecule has 0 atom stereocenters. The van der Waals surface area contributed by atoms with E-state index in [1.54, 1.807) is 10.8 Å². The van der Waals surface area contributed by atoms with Gasteiger partial charge in [0.2, 0.25) is 5.88 Å². The average molecular weight is 328 g/mol. The highest BCUT2D eigenvalue weighted by atomic mass is 19.4. The zero-order valence-electron chi connectivity index (χ0n) is 12.6. The number of rotatable bonds is 5. The van der Waals surface area contributed by atoms with Crippen molar-refractivity contribution in [3.63, 3.8) is 0 Å². The van der Waals surface area contributed by atoms with Crippen molar-refractivity contribution in [3.8, 4) is 17.1 Å². The van der Waals surface area contributed by atoms with Crippen LogP contribution >= 0.6 is 0 Å². The predicted molar refractivity (Wildman–Crippen MR) is 76.0 cm³/mol. The second kappa shape index (κ2) is 6.72. The van der Waals surface area contributed by atoms with Crippen LogP contribution < -0.4 is 4.74 Å². The number of alkyl halides is 3. The highest BCUT2D eigenvalue weighted by Gasteiger charge is 2.34. The molecule has 0 aliphatic carbocycles. The van der Waals surface area contributed by atoms with Crippen molar-refractivity contribution in [3.05, 3.63) is 36.2 Å². The van der Waals surface area contributed by atoms with Gasteiger partial charge in [0.15, 0.2) is 0 Å². The van der Waals surface area contributed by atoms with Crippen molar-refractivity contribution in [2.75, 3.05) is 7.11 Å². The Labute approximate surface area is 130 Å². The fourth-order valence-corrected chi connectivity index (χ4v) is 2.24. The maximum absolute atomic E-state index is 12.6. The van der Waals surface area contributed by atoms with Crippen molar-refractivity contribution >= 4 is 5.97 Å². The van der Waals surface area contributed by atoms with Crippen LogP contribution in [0.5, 0.6) is 5.88 Å². The molecule has 0 fully saturated rings. The van der Waals surface area contributed by atoms with Crippen LogP contribution in [0.1, 0.15) is 23.7 Å². The molecule has 8 heteroatoms. The Balaban J connectivity index is 2.61. The maximum atomic E-state index is 12.6. The molecule has 0 unspecified atom stereocenters. The fraction of sp³-hybridized carbons (Fsp3) is 0.333. The molecule has 0 amide bonds. The van der Waals surface area contributed by atoms with Crippen LogP contribution in [0.25, 0.3) is 11.3 Å². The number of carbonyl (C=O) groups is 1.